The molecule has 2 aromatic rings. The van der Waals surface area contributed by atoms with Crippen LogP contribution in [0.3, 0.4) is 0 Å². The lowest BCUT2D eigenvalue weighted by atomic mass is 9.94. The van der Waals surface area contributed by atoms with Crippen LogP contribution in [0.4, 0.5) is 0 Å². The third-order valence-corrected chi connectivity index (χ3v) is 5.06. The zero-order valence-electron chi connectivity index (χ0n) is 17.3. The van der Waals surface area contributed by atoms with E-state index in [-0.39, 0.29) is 31.2 Å². The monoisotopic (exact) mass is 465 g/mol. The first-order chi connectivity index (χ1) is 15.2. The first-order valence-electron chi connectivity index (χ1n) is 9.96. The average Bonchev–Trinajstić information content (AvgIpc) is 2.75. The number of carbonyl (C=O) groups is 1. The van der Waals surface area contributed by atoms with Gasteiger partial charge >= 0.3 is 7.82 Å². The summed E-state index contributed by atoms with van der Waals surface area (Å²) in [6.07, 6.45) is 1.27. The van der Waals surface area contributed by atoms with Crippen molar-refractivity contribution in [3.63, 3.8) is 0 Å². The highest BCUT2D eigenvalue weighted by Crippen LogP contribution is 2.37. The number of phosphoric acid groups is 1. The van der Waals surface area contributed by atoms with E-state index in [0.717, 1.165) is 5.56 Å². The summed E-state index contributed by atoms with van der Waals surface area (Å²) < 4.78 is 15.2. The first kappa shape index (κ1) is 25.7. The zero-order chi connectivity index (χ0) is 23.6. The van der Waals surface area contributed by atoms with Crippen LogP contribution in [0, 0.1) is 5.92 Å². The normalized spacial score (nSPS) is 14.7. The maximum absolute atomic E-state index is 12.0. The van der Waals surface area contributed by atoms with Crippen molar-refractivity contribution in [2.45, 2.75) is 25.0 Å². The number of carbonyl (C=O) groups excluding carboxylic acids is 1. The highest BCUT2D eigenvalue weighted by Gasteiger charge is 2.17. The predicted molar refractivity (Wildman–Crippen MR) is 118 cm³/mol. The van der Waals surface area contributed by atoms with Gasteiger partial charge in [-0.2, -0.15) is 0 Å². The molecule has 2 rings (SSSR count). The second-order valence-corrected chi connectivity index (χ2v) is 8.45. The van der Waals surface area contributed by atoms with E-state index in [1.807, 2.05) is 30.3 Å². The lowest BCUT2D eigenvalue weighted by Crippen LogP contribution is -2.32. The largest absolute Gasteiger partial charge is 0.524 e. The summed E-state index contributed by atoms with van der Waals surface area (Å²) in [6, 6.07) is 15.1. The number of aliphatic hydroxyl groups excluding tert-OH is 3. The Hall–Kier alpha value is -2.52. The Bertz CT molecular complexity index is 913. The van der Waals surface area contributed by atoms with Gasteiger partial charge in [-0.1, -0.05) is 54.6 Å². The fourth-order valence-electron chi connectivity index (χ4n) is 2.95. The highest BCUT2D eigenvalue weighted by atomic mass is 31.2. The molecule has 9 nitrogen and oxygen atoms in total. The van der Waals surface area contributed by atoms with Gasteiger partial charge in [-0.3, -0.25) is 14.6 Å². The zero-order valence-corrected chi connectivity index (χ0v) is 18.2. The van der Waals surface area contributed by atoms with Crippen LogP contribution in [0.1, 0.15) is 11.1 Å². The Morgan fingerprint density at radius 2 is 1.66 bits per heavy atom. The minimum absolute atomic E-state index is 0.00108. The van der Waals surface area contributed by atoms with Gasteiger partial charge < -0.3 is 25.2 Å². The standard InChI is InChI=1S/C22H28NO8P/c24-15-18(12-16-4-2-1-3-5-16)21(26)11-8-19(25)14-23-22(27)13-17-6-9-20(10-7-17)31-32(28,29)30/h1-11,18-19,21,24-26H,12-15H2,(H,23,27)(H2,28,29,30)/b11-8-/t18-,19-,21-/m1/s1. The van der Waals surface area contributed by atoms with Gasteiger partial charge in [-0.15, -0.1) is 0 Å². The minimum Gasteiger partial charge on any atom is -0.404 e. The van der Waals surface area contributed by atoms with Gasteiger partial charge in [0.05, 0.1) is 18.6 Å². The molecule has 0 aliphatic heterocycles. The molecule has 0 heterocycles. The quantitative estimate of drug-likeness (QED) is 0.200. The van der Waals surface area contributed by atoms with Crippen molar-refractivity contribution in [1.29, 1.82) is 0 Å². The average molecular weight is 465 g/mol. The number of rotatable bonds is 12. The van der Waals surface area contributed by atoms with Crippen molar-refractivity contribution >= 4 is 13.7 Å². The van der Waals surface area contributed by atoms with Crippen molar-refractivity contribution in [3.8, 4) is 5.75 Å². The van der Waals surface area contributed by atoms with Gasteiger partial charge in [0.2, 0.25) is 5.91 Å². The van der Waals surface area contributed by atoms with E-state index in [1.165, 1.54) is 36.4 Å². The number of nitrogens with one attached hydrogen (secondary N) is 1. The predicted octanol–water partition coefficient (Wildman–Crippen LogP) is 0.946. The first-order valence-corrected chi connectivity index (χ1v) is 11.5. The Labute approximate surface area is 186 Å². The molecule has 0 saturated carbocycles. The van der Waals surface area contributed by atoms with Crippen LogP contribution in [0.2, 0.25) is 0 Å². The maximum atomic E-state index is 12.0. The number of amides is 1. The van der Waals surface area contributed by atoms with Gasteiger partial charge in [-0.05, 0) is 29.7 Å². The fraction of sp³-hybridized carbons (Fsp3) is 0.318. The Morgan fingerprint density at radius 3 is 2.25 bits per heavy atom. The summed E-state index contributed by atoms with van der Waals surface area (Å²) in [5.41, 5.74) is 1.57. The van der Waals surface area contributed by atoms with E-state index in [9.17, 15) is 24.7 Å². The van der Waals surface area contributed by atoms with Crippen LogP contribution in [0.25, 0.3) is 0 Å². The van der Waals surface area contributed by atoms with Crippen molar-refractivity contribution in [1.82, 2.24) is 5.32 Å². The number of hydrogen-bond acceptors (Lipinski definition) is 6. The second-order valence-electron chi connectivity index (χ2n) is 7.28. The summed E-state index contributed by atoms with van der Waals surface area (Å²) in [5, 5.41) is 32.4. The van der Waals surface area contributed by atoms with E-state index in [2.05, 4.69) is 9.84 Å². The van der Waals surface area contributed by atoms with Gasteiger partial charge in [0.25, 0.3) is 0 Å². The van der Waals surface area contributed by atoms with E-state index >= 15 is 0 Å². The molecular formula is C22H28NO8P. The molecule has 32 heavy (non-hydrogen) atoms. The number of aliphatic hydroxyl groups is 3. The summed E-state index contributed by atoms with van der Waals surface area (Å²) in [4.78, 5) is 29.6. The molecule has 6 N–H and O–H groups in total. The highest BCUT2D eigenvalue weighted by molar-refractivity contribution is 7.46. The Morgan fingerprint density at radius 1 is 1.00 bits per heavy atom. The van der Waals surface area contributed by atoms with Crippen LogP contribution in [-0.2, 0) is 22.2 Å². The van der Waals surface area contributed by atoms with Crippen LogP contribution in [0.15, 0.2) is 66.7 Å². The molecule has 0 bridgehead atoms. The van der Waals surface area contributed by atoms with E-state index < -0.39 is 25.9 Å². The van der Waals surface area contributed by atoms with Crippen LogP contribution in [0.5, 0.6) is 5.75 Å². The van der Waals surface area contributed by atoms with Crippen molar-refractivity contribution in [2.75, 3.05) is 13.2 Å². The van der Waals surface area contributed by atoms with E-state index in [0.29, 0.717) is 12.0 Å². The van der Waals surface area contributed by atoms with Crippen molar-refractivity contribution in [3.05, 3.63) is 77.9 Å². The second kappa shape index (κ2) is 12.5. The molecular weight excluding hydrogens is 437 g/mol. The van der Waals surface area contributed by atoms with Gasteiger partial charge in [0.1, 0.15) is 5.75 Å². The SMILES string of the molecule is O=C(Cc1ccc(OP(=O)(O)O)cc1)NC[C@H](O)/C=C\[C@@H](O)[C@@H](CO)Cc1ccccc1. The van der Waals surface area contributed by atoms with Crippen molar-refractivity contribution < 1.29 is 39.0 Å². The smallest absolute Gasteiger partial charge is 0.404 e. The molecule has 0 radical (unpaired) electrons. The van der Waals surface area contributed by atoms with Gasteiger partial charge in [0, 0.05) is 19.1 Å². The Kier molecular flexibility index (Phi) is 10.1. The lowest BCUT2D eigenvalue weighted by Gasteiger charge is -2.18. The summed E-state index contributed by atoms with van der Waals surface area (Å²) >= 11 is 0. The summed E-state index contributed by atoms with van der Waals surface area (Å²) in [6.45, 7) is -0.283. The third kappa shape index (κ3) is 9.74. The molecule has 0 aliphatic rings. The molecule has 0 unspecified atom stereocenters. The Balaban J connectivity index is 1.77. The number of hydrogen-bond donors (Lipinski definition) is 6. The van der Waals surface area contributed by atoms with Crippen LogP contribution >= 0.6 is 7.82 Å². The van der Waals surface area contributed by atoms with E-state index in [1.54, 1.807) is 0 Å². The number of phosphoric ester groups is 1. The molecule has 0 aliphatic carbocycles. The lowest BCUT2D eigenvalue weighted by molar-refractivity contribution is -0.120. The van der Waals surface area contributed by atoms with Gasteiger partial charge in [0.15, 0.2) is 0 Å². The molecule has 3 atom stereocenters. The summed E-state index contributed by atoms with van der Waals surface area (Å²) in [7, 11) is -4.64. The molecule has 0 spiro atoms. The van der Waals surface area contributed by atoms with Crippen LogP contribution in [-0.4, -0.2) is 56.4 Å². The molecule has 174 valence electrons. The summed E-state index contributed by atoms with van der Waals surface area (Å²) in [5.74, 6) is -0.804. The third-order valence-electron chi connectivity index (χ3n) is 4.61. The fourth-order valence-corrected chi connectivity index (χ4v) is 3.35. The molecule has 1 amide bonds. The molecule has 10 heteroatoms. The molecule has 2 aromatic carbocycles. The van der Waals surface area contributed by atoms with Crippen molar-refractivity contribution in [2.24, 2.45) is 5.92 Å². The topological polar surface area (TPSA) is 157 Å². The number of benzene rings is 2. The minimum atomic E-state index is -4.64. The van der Waals surface area contributed by atoms with E-state index in [4.69, 9.17) is 9.79 Å². The molecule has 0 fully saturated rings. The molecule has 0 saturated heterocycles. The van der Waals surface area contributed by atoms with Gasteiger partial charge in [-0.25, -0.2) is 4.57 Å². The molecule has 0 aromatic heterocycles. The van der Waals surface area contributed by atoms with Crippen LogP contribution < -0.4 is 9.84 Å². The maximum Gasteiger partial charge on any atom is 0.524 e.